The molecular formula is C28H40O6. The summed E-state index contributed by atoms with van der Waals surface area (Å²) in [7, 11) is 1.69. The predicted octanol–water partition coefficient (Wildman–Crippen LogP) is 4.59. The molecule has 2 heterocycles. The maximum Gasteiger partial charge on any atom is 0.184 e. The van der Waals surface area contributed by atoms with Crippen molar-refractivity contribution in [3.8, 4) is 0 Å². The molecule has 5 fully saturated rings. The number of carbonyl (C=O) groups is 1. The number of fused-ring (bicyclic) bond motifs is 7. The third kappa shape index (κ3) is 2.80. The summed E-state index contributed by atoms with van der Waals surface area (Å²) in [6.07, 6.45) is 10.1. The summed E-state index contributed by atoms with van der Waals surface area (Å²) in [4.78, 5) is 12.6. The van der Waals surface area contributed by atoms with Crippen LogP contribution < -0.4 is 0 Å². The lowest BCUT2D eigenvalue weighted by molar-refractivity contribution is -0.201. The maximum atomic E-state index is 12.6. The number of hydrogen-bond donors (Lipinski definition) is 1. The molecule has 0 aromatic heterocycles. The Morgan fingerprint density at radius 2 is 2.00 bits per heavy atom. The zero-order chi connectivity index (χ0) is 23.8. The second-order valence-corrected chi connectivity index (χ2v) is 12.5. The van der Waals surface area contributed by atoms with Gasteiger partial charge in [-0.3, -0.25) is 4.79 Å². The normalized spacial score (nSPS) is 51.1. The molecule has 4 aliphatic carbocycles. The number of methoxy groups -OCH3 is 1. The molecule has 6 aliphatic rings. The molecule has 8 atom stereocenters. The van der Waals surface area contributed by atoms with Crippen molar-refractivity contribution >= 4 is 5.78 Å². The molecular weight excluding hydrogens is 432 g/mol. The summed E-state index contributed by atoms with van der Waals surface area (Å²) in [6, 6.07) is 0. The summed E-state index contributed by atoms with van der Waals surface area (Å²) in [5, 5.41) is 9.83. The third-order valence-electron chi connectivity index (χ3n) is 11.6. The third-order valence-corrected chi connectivity index (χ3v) is 11.6. The van der Waals surface area contributed by atoms with Gasteiger partial charge >= 0.3 is 0 Å². The van der Waals surface area contributed by atoms with Crippen LogP contribution in [0, 0.1) is 39.4 Å². The Morgan fingerprint density at radius 3 is 2.74 bits per heavy atom. The van der Waals surface area contributed by atoms with Crippen LogP contribution in [0.15, 0.2) is 23.5 Å². The summed E-state index contributed by atoms with van der Waals surface area (Å²) in [5.41, 5.74) is 1.98. The average molecular weight is 473 g/mol. The molecule has 0 bridgehead atoms. The van der Waals surface area contributed by atoms with Crippen LogP contribution in [0.1, 0.15) is 58.8 Å². The highest BCUT2D eigenvalue weighted by Crippen LogP contribution is 2.75. The van der Waals surface area contributed by atoms with Gasteiger partial charge in [0.25, 0.3) is 0 Å². The predicted molar refractivity (Wildman–Crippen MR) is 126 cm³/mol. The fourth-order valence-corrected chi connectivity index (χ4v) is 10.1. The number of rotatable bonds is 3. The number of allylic oxidation sites excluding steroid dienone is 2. The minimum atomic E-state index is -0.179. The van der Waals surface area contributed by atoms with E-state index in [4.69, 9.17) is 18.9 Å². The summed E-state index contributed by atoms with van der Waals surface area (Å²) in [6.45, 7) is 8.46. The largest absolute Gasteiger partial charge is 0.515 e. The molecule has 2 aliphatic heterocycles. The molecule has 0 aromatic rings. The Labute approximate surface area is 203 Å². The van der Waals surface area contributed by atoms with Crippen LogP contribution in [0.5, 0.6) is 0 Å². The number of hydrogen-bond acceptors (Lipinski definition) is 6. The number of aliphatic hydroxyl groups is 1. The minimum absolute atomic E-state index is 0.0328. The van der Waals surface area contributed by atoms with E-state index in [-0.39, 0.29) is 40.3 Å². The first-order chi connectivity index (χ1) is 16.3. The highest BCUT2D eigenvalue weighted by atomic mass is 16.7. The Bertz CT molecular complexity index is 912. The van der Waals surface area contributed by atoms with E-state index in [1.807, 2.05) is 6.08 Å². The molecule has 0 radical (unpaired) electrons. The topological polar surface area (TPSA) is 74.2 Å². The van der Waals surface area contributed by atoms with Crippen LogP contribution in [0.2, 0.25) is 0 Å². The van der Waals surface area contributed by atoms with E-state index in [2.05, 4.69) is 13.8 Å². The number of carbonyl (C=O) groups excluding carboxylic acids is 1. The van der Waals surface area contributed by atoms with Crippen molar-refractivity contribution in [3.05, 3.63) is 23.5 Å². The van der Waals surface area contributed by atoms with Gasteiger partial charge in [-0.2, -0.15) is 0 Å². The highest BCUT2D eigenvalue weighted by molar-refractivity contribution is 6.05. The van der Waals surface area contributed by atoms with E-state index in [1.54, 1.807) is 7.11 Å². The fourth-order valence-electron chi connectivity index (χ4n) is 10.1. The molecule has 3 saturated carbocycles. The van der Waals surface area contributed by atoms with Gasteiger partial charge in [-0.1, -0.05) is 19.4 Å². The second-order valence-electron chi connectivity index (χ2n) is 12.5. The van der Waals surface area contributed by atoms with Gasteiger partial charge in [0.05, 0.1) is 32.2 Å². The molecule has 4 unspecified atom stereocenters. The monoisotopic (exact) mass is 472 g/mol. The van der Waals surface area contributed by atoms with Crippen molar-refractivity contribution in [1.29, 1.82) is 0 Å². The first-order valence-electron chi connectivity index (χ1n) is 13.2. The summed E-state index contributed by atoms with van der Waals surface area (Å²) < 4.78 is 24.3. The highest BCUT2D eigenvalue weighted by Gasteiger charge is 2.73. The molecule has 1 N–H and O–H groups in total. The standard InChI is InChI=1S/C28H40O6/c1-25-11-18(13-29)22(30)10-19(25)4-5-20-21-6-7-28(16-33-15-27(28)8-9-32-14-27)26(21,2)12-23(24(20)25)34-17-31-3/h10,13,20-21,23-24,29H,4-9,11-12,14-17H2,1-3H3/b18-13-/t20?,21?,23-,24?,25-,26-,27?,28+/m0/s1. The number of aliphatic hydroxyl groups excluding tert-OH is 1. The number of ether oxygens (including phenoxy) is 4. The molecule has 0 amide bonds. The maximum absolute atomic E-state index is 12.6. The molecule has 6 rings (SSSR count). The van der Waals surface area contributed by atoms with E-state index in [1.165, 1.54) is 18.4 Å². The van der Waals surface area contributed by atoms with Gasteiger partial charge in [0, 0.05) is 30.1 Å². The lowest BCUT2D eigenvalue weighted by atomic mass is 9.42. The van der Waals surface area contributed by atoms with Crippen molar-refractivity contribution in [1.82, 2.24) is 0 Å². The van der Waals surface area contributed by atoms with Crippen LogP contribution in [-0.2, 0) is 23.7 Å². The zero-order valence-electron chi connectivity index (χ0n) is 20.9. The molecule has 6 heteroatoms. The quantitative estimate of drug-likeness (QED) is 0.368. The van der Waals surface area contributed by atoms with Crippen molar-refractivity contribution < 1.29 is 28.8 Å². The lowest BCUT2D eigenvalue weighted by Crippen LogP contribution is -2.61. The van der Waals surface area contributed by atoms with Gasteiger partial charge in [0.15, 0.2) is 5.78 Å². The molecule has 188 valence electrons. The molecule has 2 saturated heterocycles. The van der Waals surface area contributed by atoms with Crippen LogP contribution >= 0.6 is 0 Å². The number of ketones is 1. The fraction of sp³-hybridized carbons (Fsp3) is 0.821. The molecule has 6 nitrogen and oxygen atoms in total. The van der Waals surface area contributed by atoms with E-state index >= 15 is 0 Å². The van der Waals surface area contributed by atoms with E-state index in [0.717, 1.165) is 58.4 Å². The molecule has 34 heavy (non-hydrogen) atoms. The molecule has 2 spiro atoms. The zero-order valence-corrected chi connectivity index (χ0v) is 20.9. The Balaban J connectivity index is 1.43. The van der Waals surface area contributed by atoms with Crippen molar-refractivity contribution in [2.45, 2.75) is 64.9 Å². The molecule has 0 aromatic carbocycles. The first kappa shape index (κ1) is 23.2. The van der Waals surface area contributed by atoms with E-state index in [0.29, 0.717) is 29.7 Å². The smallest absolute Gasteiger partial charge is 0.184 e. The van der Waals surface area contributed by atoms with Crippen molar-refractivity contribution in [3.63, 3.8) is 0 Å². The van der Waals surface area contributed by atoms with E-state index in [9.17, 15) is 9.90 Å². The second kappa shape index (κ2) is 7.89. The average Bonchev–Trinajstić information content (AvgIpc) is 3.52. The Hall–Kier alpha value is -1.21. The SMILES string of the molecule is COCO[C@H]1C[C@@]2(C)C(CC[C@@]23COCC32CCOC2)C2CCC3=CC(=O)/C(=C\O)C[C@]3(C)C21. The Kier molecular flexibility index (Phi) is 5.39. The van der Waals surface area contributed by atoms with Gasteiger partial charge in [0.1, 0.15) is 6.79 Å². The minimum Gasteiger partial charge on any atom is -0.515 e. The van der Waals surface area contributed by atoms with Gasteiger partial charge in [0.2, 0.25) is 0 Å². The van der Waals surface area contributed by atoms with Gasteiger partial charge in [-0.05, 0) is 79.6 Å². The van der Waals surface area contributed by atoms with Crippen molar-refractivity contribution in [2.24, 2.45) is 39.4 Å². The van der Waals surface area contributed by atoms with Crippen LogP contribution in [-0.4, -0.2) is 57.3 Å². The first-order valence-corrected chi connectivity index (χ1v) is 13.2. The van der Waals surface area contributed by atoms with Crippen LogP contribution in [0.25, 0.3) is 0 Å². The summed E-state index contributed by atoms with van der Waals surface area (Å²) >= 11 is 0. The van der Waals surface area contributed by atoms with Gasteiger partial charge in [-0.25, -0.2) is 0 Å². The van der Waals surface area contributed by atoms with Crippen molar-refractivity contribution in [2.75, 3.05) is 40.3 Å². The lowest BCUT2D eigenvalue weighted by Gasteiger charge is -2.63. The van der Waals surface area contributed by atoms with Crippen LogP contribution in [0.3, 0.4) is 0 Å². The summed E-state index contributed by atoms with van der Waals surface area (Å²) in [5.74, 6) is 1.40. The van der Waals surface area contributed by atoms with Crippen LogP contribution in [0.4, 0.5) is 0 Å². The van der Waals surface area contributed by atoms with Gasteiger partial charge in [-0.15, -0.1) is 0 Å². The van der Waals surface area contributed by atoms with E-state index < -0.39 is 0 Å². The van der Waals surface area contributed by atoms with Gasteiger partial charge < -0.3 is 24.1 Å². The Morgan fingerprint density at radius 1 is 1.18 bits per heavy atom.